The van der Waals surface area contributed by atoms with Gasteiger partial charge >= 0.3 is 51.5 Å². The quantitative estimate of drug-likeness (QED) is 0.358. The van der Waals surface area contributed by atoms with Crippen molar-refractivity contribution < 1.29 is 26.3 Å². The number of carboxylic acid groups (broad SMARTS) is 1. The molecule has 0 aliphatic carbocycles. The Kier molecular flexibility index (Phi) is 7.88. The van der Waals surface area contributed by atoms with E-state index in [1.807, 2.05) is 0 Å². The van der Waals surface area contributed by atoms with Gasteiger partial charge in [-0.1, -0.05) is 6.07 Å². The third-order valence-electron chi connectivity index (χ3n) is 3.54. The predicted octanol–water partition coefficient (Wildman–Crippen LogP) is 3.55. The van der Waals surface area contributed by atoms with Gasteiger partial charge in [0, 0.05) is 6.20 Å². The number of nitrogens with zero attached hydrogens (tertiary/aromatic N) is 3. The third-order valence-corrected chi connectivity index (χ3v) is 4.91. The molecule has 0 atom stereocenters. The summed E-state index contributed by atoms with van der Waals surface area (Å²) < 4.78 is 27.0. The zero-order valence-corrected chi connectivity index (χ0v) is 19.2. The molecule has 29 heavy (non-hydrogen) atoms. The van der Waals surface area contributed by atoms with Crippen LogP contribution in [0.15, 0.2) is 82.0 Å². The first-order chi connectivity index (χ1) is 13.3. The fraction of sp³-hybridized carbons (Fsp3) is 0. The number of sulfonamides is 1. The molecule has 3 N–H and O–H groups in total. The maximum Gasteiger partial charge on any atom is 2.00 e. The second kappa shape index (κ2) is 9.94. The molecule has 0 aliphatic rings. The molecule has 3 aromatic rings. The molecule has 11 heteroatoms. The second-order valence-corrected chi connectivity index (χ2v) is 7.20. The van der Waals surface area contributed by atoms with E-state index in [0.717, 1.165) is 0 Å². The molecule has 9 nitrogen and oxygen atoms in total. The van der Waals surface area contributed by atoms with Crippen LogP contribution in [-0.4, -0.2) is 75.1 Å². The van der Waals surface area contributed by atoms with Crippen LogP contribution >= 0.6 is 0 Å². The Labute approximate surface area is 206 Å². The number of phenols is 1. The van der Waals surface area contributed by atoms with E-state index in [1.165, 1.54) is 54.7 Å². The van der Waals surface area contributed by atoms with Gasteiger partial charge in [-0.05, 0) is 54.6 Å². The minimum atomic E-state index is -3.79. The second-order valence-electron chi connectivity index (χ2n) is 5.52. The van der Waals surface area contributed by atoms with Crippen molar-refractivity contribution >= 4 is 78.7 Å². The molecule has 0 saturated carbocycles. The summed E-state index contributed by atoms with van der Waals surface area (Å²) in [6.45, 7) is 0. The predicted molar refractivity (Wildman–Crippen MR) is 109 cm³/mol. The van der Waals surface area contributed by atoms with E-state index in [-0.39, 0.29) is 76.0 Å². The van der Waals surface area contributed by atoms with Gasteiger partial charge in [-0.3, -0.25) is 4.72 Å². The van der Waals surface area contributed by atoms with Gasteiger partial charge in [0.2, 0.25) is 0 Å². The number of carboxylic acids is 1. The van der Waals surface area contributed by atoms with Crippen molar-refractivity contribution in [1.29, 1.82) is 0 Å². The fourth-order valence-corrected chi connectivity index (χ4v) is 3.19. The van der Waals surface area contributed by atoms with E-state index in [2.05, 4.69) is 19.9 Å². The first-order valence-corrected chi connectivity index (χ1v) is 9.35. The van der Waals surface area contributed by atoms with Crippen LogP contribution in [-0.2, 0) is 10.0 Å². The summed E-state index contributed by atoms with van der Waals surface area (Å²) in [5, 5.41) is 26.3. The van der Waals surface area contributed by atoms with Crippen molar-refractivity contribution in [2.45, 2.75) is 4.90 Å². The maximum absolute atomic E-state index is 12.3. The summed E-state index contributed by atoms with van der Waals surface area (Å²) in [5.74, 6) is -1.46. The molecule has 2 aromatic carbocycles. The maximum atomic E-state index is 12.3. The standard InChI is InChI=1S/C18H14N4O5S.Sr.2H/c23-16-9-6-13(11-15(16)18(24)25)21-20-12-4-7-14(8-5-12)28(26,27)22-17-3-1-2-10-19-17;;;/h1-11,23H,(H,19,22)(H,24,25);;;/q;+2;2*-1. The van der Waals surface area contributed by atoms with Gasteiger partial charge < -0.3 is 13.1 Å². The summed E-state index contributed by atoms with van der Waals surface area (Å²) in [4.78, 5) is 14.9. The molecule has 0 bridgehead atoms. The van der Waals surface area contributed by atoms with Crippen LogP contribution in [0, 0.1) is 0 Å². The summed E-state index contributed by atoms with van der Waals surface area (Å²) in [6.07, 6.45) is 1.47. The van der Waals surface area contributed by atoms with Crippen LogP contribution in [0.25, 0.3) is 0 Å². The Bertz CT molecular complexity index is 1150. The number of aromatic carboxylic acids is 1. The number of aromatic nitrogens is 1. The topological polar surface area (TPSA) is 141 Å². The normalized spacial score (nSPS) is 11.0. The minimum absolute atomic E-state index is 0. The zero-order valence-electron chi connectivity index (χ0n) is 16.9. The number of anilines is 1. The van der Waals surface area contributed by atoms with Gasteiger partial charge in [0.15, 0.2) is 0 Å². The Morgan fingerprint density at radius 3 is 2.28 bits per heavy atom. The van der Waals surface area contributed by atoms with Crippen LogP contribution in [0.4, 0.5) is 17.2 Å². The Hall–Kier alpha value is -2.31. The molecule has 1 heterocycles. The number of pyridine rings is 1. The smallest absolute Gasteiger partial charge is 1.00 e. The number of nitrogens with one attached hydrogen (secondary N) is 1. The number of aromatic hydroxyl groups is 1. The van der Waals surface area contributed by atoms with E-state index in [9.17, 15) is 18.3 Å². The number of hydrogen-bond donors (Lipinski definition) is 3. The first kappa shape index (κ1) is 23.0. The summed E-state index contributed by atoms with van der Waals surface area (Å²) in [7, 11) is -3.79. The molecule has 0 fully saturated rings. The number of hydrogen-bond acceptors (Lipinski definition) is 7. The van der Waals surface area contributed by atoms with E-state index in [4.69, 9.17) is 5.11 Å². The molecule has 146 valence electrons. The number of benzene rings is 2. The average molecular weight is 488 g/mol. The summed E-state index contributed by atoms with van der Waals surface area (Å²) >= 11 is 0. The van der Waals surface area contributed by atoms with Gasteiger partial charge in [-0.15, -0.1) is 0 Å². The molecular formula is C18H16N4O5SSr. The van der Waals surface area contributed by atoms with Gasteiger partial charge in [0.25, 0.3) is 10.0 Å². The van der Waals surface area contributed by atoms with Crippen LogP contribution < -0.4 is 4.72 Å². The van der Waals surface area contributed by atoms with Crippen molar-refractivity contribution in [1.82, 2.24) is 4.98 Å². The molecular weight excluding hydrogens is 472 g/mol. The summed E-state index contributed by atoms with van der Waals surface area (Å²) in [6, 6.07) is 14.3. The Balaban J connectivity index is 0.00000300. The third kappa shape index (κ3) is 6.08. The van der Waals surface area contributed by atoms with Crippen molar-refractivity contribution in [2.24, 2.45) is 10.2 Å². The summed E-state index contributed by atoms with van der Waals surface area (Å²) in [5.41, 5.74) is 0.295. The largest absolute Gasteiger partial charge is 2.00 e. The molecule has 0 radical (unpaired) electrons. The van der Waals surface area contributed by atoms with Gasteiger partial charge in [0.1, 0.15) is 17.1 Å². The van der Waals surface area contributed by atoms with Crippen molar-refractivity contribution in [3.8, 4) is 5.75 Å². The number of rotatable bonds is 6. The Morgan fingerprint density at radius 1 is 1.00 bits per heavy atom. The molecule has 0 spiro atoms. The fourth-order valence-electron chi connectivity index (χ4n) is 2.18. The van der Waals surface area contributed by atoms with Gasteiger partial charge in [-0.2, -0.15) is 10.2 Å². The van der Waals surface area contributed by atoms with Crippen LogP contribution in [0.5, 0.6) is 5.75 Å². The van der Waals surface area contributed by atoms with Crippen LogP contribution in [0.3, 0.4) is 0 Å². The van der Waals surface area contributed by atoms with E-state index in [1.54, 1.807) is 12.1 Å². The number of carbonyl (C=O) groups is 1. The van der Waals surface area contributed by atoms with E-state index < -0.39 is 16.0 Å². The molecule has 0 amide bonds. The van der Waals surface area contributed by atoms with Crippen LogP contribution in [0.1, 0.15) is 13.2 Å². The molecule has 0 saturated heterocycles. The van der Waals surface area contributed by atoms with Gasteiger partial charge in [-0.25, -0.2) is 18.2 Å². The van der Waals surface area contributed by atoms with E-state index >= 15 is 0 Å². The van der Waals surface area contributed by atoms with Crippen LogP contribution in [0.2, 0.25) is 0 Å². The first-order valence-electron chi connectivity index (χ1n) is 7.87. The van der Waals surface area contributed by atoms with Crippen molar-refractivity contribution in [3.63, 3.8) is 0 Å². The molecule has 0 aliphatic heterocycles. The Morgan fingerprint density at radius 2 is 1.66 bits per heavy atom. The van der Waals surface area contributed by atoms with E-state index in [0.29, 0.717) is 5.69 Å². The molecule has 3 rings (SSSR count). The zero-order chi connectivity index (χ0) is 20.1. The monoisotopic (exact) mass is 488 g/mol. The van der Waals surface area contributed by atoms with Gasteiger partial charge in [0.05, 0.1) is 16.3 Å². The average Bonchev–Trinajstić information content (AvgIpc) is 2.68. The number of azo groups is 1. The van der Waals surface area contributed by atoms with Crippen molar-refractivity contribution in [2.75, 3.05) is 4.72 Å². The molecule has 1 aromatic heterocycles. The molecule has 0 unspecified atom stereocenters. The van der Waals surface area contributed by atoms with Crippen molar-refractivity contribution in [3.05, 3.63) is 72.4 Å². The SMILES string of the molecule is O=C(O)c1cc(N=Nc2ccc(S(=O)(=O)Nc3ccccn3)cc2)ccc1O.[H-].[H-].[Sr+2]. The minimum Gasteiger partial charge on any atom is -1.00 e.